The lowest BCUT2D eigenvalue weighted by Gasteiger charge is -2.23. The molecule has 0 aromatic heterocycles. The number of amides is 2. The molecule has 0 aliphatic carbocycles. The van der Waals surface area contributed by atoms with E-state index >= 15 is 0 Å². The maximum atomic E-state index is 12.9. The summed E-state index contributed by atoms with van der Waals surface area (Å²) < 4.78 is 5.52. The Bertz CT molecular complexity index is 620. The fraction of sp³-hybridized carbons (Fsp3) is 0.571. The number of urea groups is 1. The largest absolute Gasteiger partial charge is 0.381 e. The fourth-order valence-corrected chi connectivity index (χ4v) is 4.05. The van der Waals surface area contributed by atoms with Gasteiger partial charge in [0, 0.05) is 32.0 Å². The average molecular weight is 342 g/mol. The maximum absolute atomic E-state index is 12.9. The number of carbonyl (C=O) groups excluding carboxylic acids is 1. The van der Waals surface area contributed by atoms with Crippen molar-refractivity contribution in [2.75, 3.05) is 31.6 Å². The van der Waals surface area contributed by atoms with Crippen LogP contribution in [0.2, 0.25) is 0 Å². The summed E-state index contributed by atoms with van der Waals surface area (Å²) in [5, 5.41) is 3.21. The highest BCUT2D eigenvalue weighted by Gasteiger charge is 2.34. The molecule has 2 aliphatic rings. The van der Waals surface area contributed by atoms with Crippen molar-refractivity contribution >= 4 is 11.7 Å². The minimum atomic E-state index is 0.0276. The molecular weight excluding hydrogens is 312 g/mol. The van der Waals surface area contributed by atoms with Crippen molar-refractivity contribution < 1.29 is 9.53 Å². The number of likely N-dealkylation sites (tertiary alicyclic amines) is 1. The summed E-state index contributed by atoms with van der Waals surface area (Å²) >= 11 is 0. The number of benzene rings is 1. The number of hydrogen-bond donors (Lipinski definition) is 1. The Morgan fingerprint density at radius 2 is 2.24 bits per heavy atom. The summed E-state index contributed by atoms with van der Waals surface area (Å²) in [4.78, 5) is 14.8. The van der Waals surface area contributed by atoms with Crippen molar-refractivity contribution in [3.05, 3.63) is 42.0 Å². The van der Waals surface area contributed by atoms with E-state index in [1.54, 1.807) is 0 Å². The maximum Gasteiger partial charge on any atom is 0.321 e. The highest BCUT2D eigenvalue weighted by atomic mass is 16.5. The highest BCUT2D eigenvalue weighted by Crippen LogP contribution is 2.32. The second kappa shape index (κ2) is 8.05. The van der Waals surface area contributed by atoms with Crippen molar-refractivity contribution in [2.45, 2.75) is 39.0 Å². The number of rotatable bonds is 5. The Kier molecular flexibility index (Phi) is 5.79. The monoisotopic (exact) mass is 342 g/mol. The third kappa shape index (κ3) is 4.06. The van der Waals surface area contributed by atoms with Crippen LogP contribution in [0.25, 0.3) is 0 Å². The van der Waals surface area contributed by atoms with E-state index in [4.69, 9.17) is 4.74 Å². The van der Waals surface area contributed by atoms with E-state index in [9.17, 15) is 4.79 Å². The van der Waals surface area contributed by atoms with E-state index in [0.29, 0.717) is 17.8 Å². The third-order valence-corrected chi connectivity index (χ3v) is 5.54. The zero-order chi connectivity index (χ0) is 17.8. The van der Waals surface area contributed by atoms with Crippen LogP contribution in [0.5, 0.6) is 0 Å². The highest BCUT2D eigenvalue weighted by molar-refractivity contribution is 5.91. The van der Waals surface area contributed by atoms with Crippen LogP contribution in [-0.4, -0.2) is 37.2 Å². The predicted octanol–water partition coefficient (Wildman–Crippen LogP) is 4.43. The molecule has 1 N–H and O–H groups in total. The van der Waals surface area contributed by atoms with Gasteiger partial charge in [0.25, 0.3) is 0 Å². The number of carbonyl (C=O) groups is 1. The van der Waals surface area contributed by atoms with Crippen LogP contribution in [0.3, 0.4) is 0 Å². The average Bonchev–Trinajstić information content (AvgIpc) is 3.27. The number of hydrogen-bond acceptors (Lipinski definition) is 2. The summed E-state index contributed by atoms with van der Waals surface area (Å²) in [5.41, 5.74) is 3.29. The minimum absolute atomic E-state index is 0.0276. The number of para-hydroxylation sites is 1. The molecule has 0 radical (unpaired) electrons. The van der Waals surface area contributed by atoms with E-state index < -0.39 is 0 Å². The van der Waals surface area contributed by atoms with E-state index in [-0.39, 0.29) is 6.03 Å². The summed E-state index contributed by atoms with van der Waals surface area (Å²) in [7, 11) is 0. The molecule has 1 aromatic carbocycles. The Balaban J connectivity index is 1.71. The van der Waals surface area contributed by atoms with Gasteiger partial charge in [-0.05, 0) is 48.1 Å². The molecule has 2 amide bonds. The number of nitrogens with one attached hydrogen (secondary N) is 1. The zero-order valence-corrected chi connectivity index (χ0v) is 15.5. The number of nitrogens with zero attached hydrogens (tertiary/aromatic N) is 1. The smallest absolute Gasteiger partial charge is 0.321 e. The van der Waals surface area contributed by atoms with Crippen LogP contribution < -0.4 is 5.32 Å². The second-order valence-corrected chi connectivity index (χ2v) is 7.58. The normalized spacial score (nSPS) is 23.2. The molecule has 25 heavy (non-hydrogen) atoms. The molecule has 1 aromatic rings. The van der Waals surface area contributed by atoms with Gasteiger partial charge in [-0.15, -0.1) is 6.58 Å². The van der Waals surface area contributed by atoms with Crippen LogP contribution >= 0.6 is 0 Å². The Morgan fingerprint density at radius 1 is 1.40 bits per heavy atom. The summed E-state index contributed by atoms with van der Waals surface area (Å²) in [6, 6.07) is 6.27. The fourth-order valence-electron chi connectivity index (χ4n) is 4.05. The lowest BCUT2D eigenvalue weighted by atomic mass is 9.91. The molecule has 0 unspecified atom stereocenters. The van der Waals surface area contributed by atoms with Gasteiger partial charge in [0.05, 0.1) is 0 Å². The van der Waals surface area contributed by atoms with Gasteiger partial charge in [0.2, 0.25) is 0 Å². The van der Waals surface area contributed by atoms with Gasteiger partial charge in [-0.3, -0.25) is 0 Å². The molecular formula is C21H30N2O2. The standard InChI is InChI=1S/C21H30N2O2/c1-4-6-16-7-5-8-19(15(2)3)20(16)22-21(24)23-11-9-17(13-23)18-10-12-25-14-18/h4-5,7-8,15,17-18H,1,6,9-14H2,2-3H3,(H,22,24)/t17-,18-/m0/s1. The molecule has 4 nitrogen and oxygen atoms in total. The topological polar surface area (TPSA) is 41.6 Å². The summed E-state index contributed by atoms with van der Waals surface area (Å²) in [6.45, 7) is 11.6. The molecule has 136 valence electrons. The lowest BCUT2D eigenvalue weighted by molar-refractivity contribution is 0.171. The molecule has 2 aliphatic heterocycles. The molecule has 0 saturated carbocycles. The van der Waals surface area contributed by atoms with E-state index in [1.807, 2.05) is 11.0 Å². The first-order chi connectivity index (χ1) is 12.1. The van der Waals surface area contributed by atoms with Crippen LogP contribution in [0, 0.1) is 11.8 Å². The van der Waals surface area contributed by atoms with Crippen molar-refractivity contribution in [3.8, 4) is 0 Å². The molecule has 2 atom stereocenters. The van der Waals surface area contributed by atoms with Crippen LogP contribution in [0.15, 0.2) is 30.9 Å². The summed E-state index contributed by atoms with van der Waals surface area (Å²) in [6.07, 6.45) is 4.88. The first-order valence-electron chi connectivity index (χ1n) is 9.46. The van der Waals surface area contributed by atoms with Crippen LogP contribution in [0.4, 0.5) is 10.5 Å². The molecule has 0 bridgehead atoms. The van der Waals surface area contributed by atoms with Gasteiger partial charge in [-0.25, -0.2) is 4.79 Å². The third-order valence-electron chi connectivity index (χ3n) is 5.54. The first-order valence-corrected chi connectivity index (χ1v) is 9.46. The molecule has 0 spiro atoms. The van der Waals surface area contributed by atoms with Gasteiger partial charge in [-0.1, -0.05) is 38.1 Å². The SMILES string of the molecule is C=CCc1cccc(C(C)C)c1NC(=O)N1CC[C@H]([C@H]2CCOC2)C1. The van der Waals surface area contributed by atoms with Gasteiger partial charge in [-0.2, -0.15) is 0 Å². The Labute approximate surface area is 151 Å². The van der Waals surface area contributed by atoms with Crippen LogP contribution in [0.1, 0.15) is 43.7 Å². The predicted molar refractivity (Wildman–Crippen MR) is 102 cm³/mol. The van der Waals surface area contributed by atoms with Gasteiger partial charge in [0.15, 0.2) is 0 Å². The molecule has 2 fully saturated rings. The lowest BCUT2D eigenvalue weighted by Crippen LogP contribution is -2.34. The van der Waals surface area contributed by atoms with E-state index in [0.717, 1.165) is 56.8 Å². The van der Waals surface area contributed by atoms with Crippen molar-refractivity contribution in [1.82, 2.24) is 4.90 Å². The van der Waals surface area contributed by atoms with Gasteiger partial charge in [0.1, 0.15) is 0 Å². The molecule has 2 heterocycles. The van der Waals surface area contributed by atoms with Crippen LogP contribution in [-0.2, 0) is 11.2 Å². The molecule has 2 saturated heterocycles. The zero-order valence-electron chi connectivity index (χ0n) is 15.5. The van der Waals surface area contributed by atoms with Crippen molar-refractivity contribution in [1.29, 1.82) is 0 Å². The number of ether oxygens (including phenoxy) is 1. The quantitative estimate of drug-likeness (QED) is 0.804. The number of allylic oxidation sites excluding steroid dienone is 1. The second-order valence-electron chi connectivity index (χ2n) is 7.58. The Morgan fingerprint density at radius 3 is 2.92 bits per heavy atom. The molecule has 3 rings (SSSR count). The number of anilines is 1. The molecule has 4 heteroatoms. The van der Waals surface area contributed by atoms with Gasteiger partial charge >= 0.3 is 6.03 Å². The minimum Gasteiger partial charge on any atom is -0.381 e. The first kappa shape index (κ1) is 18.0. The van der Waals surface area contributed by atoms with E-state index in [2.05, 4.69) is 43.9 Å². The van der Waals surface area contributed by atoms with Crippen molar-refractivity contribution in [2.24, 2.45) is 11.8 Å². The summed E-state index contributed by atoms with van der Waals surface area (Å²) in [5.74, 6) is 1.57. The van der Waals surface area contributed by atoms with Crippen molar-refractivity contribution in [3.63, 3.8) is 0 Å². The van der Waals surface area contributed by atoms with Gasteiger partial charge < -0.3 is 15.0 Å². The van der Waals surface area contributed by atoms with E-state index in [1.165, 1.54) is 5.56 Å². The Hall–Kier alpha value is -1.81.